The molecule has 0 aliphatic carbocycles. The van der Waals surface area contributed by atoms with E-state index in [1.54, 1.807) is 3.96 Å². The van der Waals surface area contributed by atoms with E-state index in [2.05, 4.69) is 4.74 Å². The summed E-state index contributed by atoms with van der Waals surface area (Å²) in [6, 6.07) is 14.9. The van der Waals surface area contributed by atoms with Gasteiger partial charge in [0.1, 0.15) is 0 Å². The maximum atomic E-state index is 12.3. The highest BCUT2D eigenvalue weighted by Gasteiger charge is 2.09. The van der Waals surface area contributed by atoms with E-state index >= 15 is 0 Å². The van der Waals surface area contributed by atoms with E-state index in [-0.39, 0.29) is 17.9 Å². The summed E-state index contributed by atoms with van der Waals surface area (Å²) < 4.78 is 7.25. The molecule has 1 aromatic heterocycles. The van der Waals surface area contributed by atoms with Gasteiger partial charge in [-0.1, -0.05) is 35.8 Å². The minimum atomic E-state index is -0.276. The first kappa shape index (κ1) is 13.6. The average molecular weight is 299 g/mol. The standard InChI is InChI=1S/C16H13NO3S/c1-20-15(18)10-11-6-8-12(9-7-11)17-16(19)13-4-2-3-5-14(13)21-17/h2-9H,10H2,1H3. The van der Waals surface area contributed by atoms with Crippen molar-refractivity contribution in [3.8, 4) is 5.69 Å². The van der Waals surface area contributed by atoms with Crippen LogP contribution in [-0.2, 0) is 16.0 Å². The molecule has 0 unspecified atom stereocenters. The summed E-state index contributed by atoms with van der Waals surface area (Å²) in [5.74, 6) is -0.276. The first-order chi connectivity index (χ1) is 10.2. The number of ether oxygens (including phenoxy) is 1. The first-order valence-corrected chi connectivity index (χ1v) is 7.23. The van der Waals surface area contributed by atoms with Gasteiger partial charge in [-0.2, -0.15) is 0 Å². The van der Waals surface area contributed by atoms with Crippen LogP contribution >= 0.6 is 11.5 Å². The molecular weight excluding hydrogens is 286 g/mol. The molecule has 4 nitrogen and oxygen atoms in total. The van der Waals surface area contributed by atoms with E-state index in [0.717, 1.165) is 21.3 Å². The summed E-state index contributed by atoms with van der Waals surface area (Å²) in [6.45, 7) is 0. The minimum Gasteiger partial charge on any atom is -0.469 e. The average Bonchev–Trinajstić information content (AvgIpc) is 2.85. The van der Waals surface area contributed by atoms with Crippen LogP contribution in [0.4, 0.5) is 0 Å². The lowest BCUT2D eigenvalue weighted by molar-refractivity contribution is -0.139. The first-order valence-electron chi connectivity index (χ1n) is 6.46. The molecule has 21 heavy (non-hydrogen) atoms. The Kier molecular flexibility index (Phi) is 3.58. The maximum Gasteiger partial charge on any atom is 0.309 e. The van der Waals surface area contributed by atoms with Gasteiger partial charge in [-0.25, -0.2) is 3.96 Å². The van der Waals surface area contributed by atoms with Gasteiger partial charge in [0, 0.05) is 0 Å². The normalized spacial score (nSPS) is 10.7. The fourth-order valence-corrected chi connectivity index (χ4v) is 3.13. The van der Waals surface area contributed by atoms with Crippen LogP contribution in [0.15, 0.2) is 53.3 Å². The van der Waals surface area contributed by atoms with Crippen molar-refractivity contribution in [3.63, 3.8) is 0 Å². The van der Waals surface area contributed by atoms with E-state index in [1.165, 1.54) is 18.6 Å². The number of hydrogen-bond acceptors (Lipinski definition) is 4. The Labute approximate surface area is 125 Å². The molecule has 0 amide bonds. The van der Waals surface area contributed by atoms with E-state index in [1.807, 2.05) is 48.5 Å². The SMILES string of the molecule is COC(=O)Cc1ccc(-n2sc3ccccc3c2=O)cc1. The Balaban J connectivity index is 1.97. The second kappa shape index (κ2) is 5.54. The number of rotatable bonds is 3. The van der Waals surface area contributed by atoms with Crippen molar-refractivity contribution >= 4 is 27.6 Å². The number of benzene rings is 2. The van der Waals surface area contributed by atoms with Crippen LogP contribution in [0, 0.1) is 0 Å². The smallest absolute Gasteiger partial charge is 0.309 e. The Morgan fingerprint density at radius 1 is 1.14 bits per heavy atom. The van der Waals surface area contributed by atoms with Crippen LogP contribution < -0.4 is 5.56 Å². The zero-order valence-electron chi connectivity index (χ0n) is 11.4. The Hall–Kier alpha value is -2.40. The summed E-state index contributed by atoms with van der Waals surface area (Å²) in [5.41, 5.74) is 1.64. The molecule has 0 N–H and O–H groups in total. The molecule has 5 heteroatoms. The van der Waals surface area contributed by atoms with Gasteiger partial charge in [-0.05, 0) is 29.8 Å². The van der Waals surface area contributed by atoms with Crippen molar-refractivity contribution < 1.29 is 9.53 Å². The van der Waals surface area contributed by atoms with E-state index in [4.69, 9.17) is 0 Å². The molecular formula is C16H13NO3S. The van der Waals surface area contributed by atoms with Crippen LogP contribution in [0.1, 0.15) is 5.56 Å². The van der Waals surface area contributed by atoms with Gasteiger partial charge >= 0.3 is 5.97 Å². The monoisotopic (exact) mass is 299 g/mol. The maximum absolute atomic E-state index is 12.3. The lowest BCUT2D eigenvalue weighted by Gasteiger charge is -2.03. The number of aromatic nitrogens is 1. The fraction of sp³-hybridized carbons (Fsp3) is 0.125. The predicted molar refractivity (Wildman–Crippen MR) is 83.1 cm³/mol. The van der Waals surface area contributed by atoms with Crippen LogP contribution in [0.3, 0.4) is 0 Å². The molecule has 106 valence electrons. The molecule has 0 saturated heterocycles. The molecule has 3 rings (SSSR count). The van der Waals surface area contributed by atoms with Crippen molar-refractivity contribution in [1.82, 2.24) is 3.96 Å². The summed E-state index contributed by atoms with van der Waals surface area (Å²) in [5, 5.41) is 0.723. The Morgan fingerprint density at radius 2 is 1.86 bits per heavy atom. The largest absolute Gasteiger partial charge is 0.469 e. The minimum absolute atomic E-state index is 0.0173. The van der Waals surface area contributed by atoms with Gasteiger partial charge in [0.25, 0.3) is 5.56 Å². The molecule has 0 radical (unpaired) electrons. The highest BCUT2D eigenvalue weighted by molar-refractivity contribution is 7.14. The van der Waals surface area contributed by atoms with E-state index in [9.17, 15) is 9.59 Å². The third-order valence-corrected chi connectivity index (χ3v) is 4.35. The molecule has 0 atom stereocenters. The highest BCUT2D eigenvalue weighted by Crippen LogP contribution is 2.20. The molecule has 0 spiro atoms. The molecule has 0 bridgehead atoms. The van der Waals surface area contributed by atoms with Crippen molar-refractivity contribution in [1.29, 1.82) is 0 Å². The summed E-state index contributed by atoms with van der Waals surface area (Å²) in [6.07, 6.45) is 0.234. The van der Waals surface area contributed by atoms with Crippen molar-refractivity contribution in [2.24, 2.45) is 0 Å². The molecule has 0 saturated carbocycles. The number of fused-ring (bicyclic) bond motifs is 1. The zero-order chi connectivity index (χ0) is 14.8. The second-order valence-electron chi connectivity index (χ2n) is 4.61. The number of hydrogen-bond donors (Lipinski definition) is 0. The summed E-state index contributed by atoms with van der Waals surface area (Å²) in [4.78, 5) is 23.6. The van der Waals surface area contributed by atoms with Crippen molar-refractivity contribution in [3.05, 3.63) is 64.4 Å². The topological polar surface area (TPSA) is 48.3 Å². The number of nitrogens with zero attached hydrogens (tertiary/aromatic N) is 1. The lowest BCUT2D eigenvalue weighted by atomic mass is 10.1. The predicted octanol–water partition coefficient (Wildman–Crippen LogP) is 2.77. The Bertz CT molecular complexity index is 846. The molecule has 0 aliphatic heterocycles. The van der Waals surface area contributed by atoms with Gasteiger partial charge in [0.2, 0.25) is 0 Å². The third-order valence-electron chi connectivity index (χ3n) is 3.24. The number of carbonyl (C=O) groups is 1. The molecule has 3 aromatic rings. The lowest BCUT2D eigenvalue weighted by Crippen LogP contribution is -2.10. The van der Waals surface area contributed by atoms with Crippen molar-refractivity contribution in [2.45, 2.75) is 6.42 Å². The van der Waals surface area contributed by atoms with E-state index in [0.29, 0.717) is 0 Å². The summed E-state index contributed by atoms with van der Waals surface area (Å²) >= 11 is 1.41. The number of esters is 1. The van der Waals surface area contributed by atoms with Gasteiger partial charge < -0.3 is 4.74 Å². The zero-order valence-corrected chi connectivity index (χ0v) is 12.2. The number of carbonyl (C=O) groups excluding carboxylic acids is 1. The molecule has 1 heterocycles. The fourth-order valence-electron chi connectivity index (χ4n) is 2.13. The number of methoxy groups -OCH3 is 1. The van der Waals surface area contributed by atoms with Crippen molar-refractivity contribution in [2.75, 3.05) is 7.11 Å². The third kappa shape index (κ3) is 2.60. The highest BCUT2D eigenvalue weighted by atomic mass is 32.1. The second-order valence-corrected chi connectivity index (χ2v) is 5.59. The van der Waals surface area contributed by atoms with Crippen LogP contribution in [0.5, 0.6) is 0 Å². The quantitative estimate of drug-likeness (QED) is 0.699. The van der Waals surface area contributed by atoms with Crippen LogP contribution in [-0.4, -0.2) is 17.0 Å². The molecule has 0 aliphatic rings. The van der Waals surface area contributed by atoms with Gasteiger partial charge in [-0.3, -0.25) is 9.59 Å². The van der Waals surface area contributed by atoms with Crippen LogP contribution in [0.2, 0.25) is 0 Å². The Morgan fingerprint density at radius 3 is 2.52 bits per heavy atom. The van der Waals surface area contributed by atoms with Gasteiger partial charge in [-0.15, -0.1) is 0 Å². The van der Waals surface area contributed by atoms with Gasteiger partial charge in [0.15, 0.2) is 0 Å². The van der Waals surface area contributed by atoms with Crippen LogP contribution in [0.25, 0.3) is 15.8 Å². The molecule has 0 fully saturated rings. The molecule has 2 aromatic carbocycles. The van der Waals surface area contributed by atoms with E-state index < -0.39 is 0 Å². The van der Waals surface area contributed by atoms with Gasteiger partial charge in [0.05, 0.1) is 29.3 Å². The summed E-state index contributed by atoms with van der Waals surface area (Å²) in [7, 11) is 1.37.